The van der Waals surface area contributed by atoms with Crippen molar-refractivity contribution in [2.75, 3.05) is 13.1 Å². The molecule has 6 nitrogen and oxygen atoms in total. The number of halogens is 6. The Labute approximate surface area is 249 Å². The van der Waals surface area contributed by atoms with Crippen LogP contribution in [0, 0.1) is 17.5 Å². The van der Waals surface area contributed by atoms with Crippen LogP contribution in [-0.4, -0.2) is 35.6 Å². The van der Waals surface area contributed by atoms with Crippen molar-refractivity contribution in [3.8, 4) is 22.8 Å². The Kier molecular flexibility index (Phi) is 8.45. The molecule has 0 radical (unpaired) electrons. The molecule has 0 fully saturated rings. The van der Waals surface area contributed by atoms with Crippen molar-refractivity contribution in [3.05, 3.63) is 107 Å². The molecule has 0 N–H and O–H groups in total. The molecule has 5 aromatic rings. The highest BCUT2D eigenvalue weighted by molar-refractivity contribution is 7.89. The van der Waals surface area contributed by atoms with Crippen molar-refractivity contribution in [3.63, 3.8) is 0 Å². The molecule has 1 aromatic heterocycles. The first-order valence-electron chi connectivity index (χ1n) is 13.4. The van der Waals surface area contributed by atoms with Crippen LogP contribution in [0.25, 0.3) is 22.2 Å². The number of aromatic nitrogens is 2. The highest BCUT2D eigenvalue weighted by Crippen LogP contribution is 2.39. The van der Waals surface area contributed by atoms with Gasteiger partial charge in [-0.05, 0) is 42.5 Å². The maximum absolute atomic E-state index is 14.5. The molecule has 0 amide bonds. The molecule has 0 saturated carbocycles. The van der Waals surface area contributed by atoms with Crippen LogP contribution >= 0.6 is 0 Å². The van der Waals surface area contributed by atoms with Gasteiger partial charge in [0.25, 0.3) is 0 Å². The second-order valence-corrected chi connectivity index (χ2v) is 11.7. The van der Waals surface area contributed by atoms with Gasteiger partial charge in [-0.25, -0.2) is 21.6 Å². The first-order chi connectivity index (χ1) is 20.8. The van der Waals surface area contributed by atoms with Gasteiger partial charge < -0.3 is 4.74 Å². The van der Waals surface area contributed by atoms with Crippen molar-refractivity contribution in [1.29, 1.82) is 0 Å². The maximum atomic E-state index is 14.5. The maximum Gasteiger partial charge on any atom is 0.418 e. The molecule has 0 spiro atoms. The number of fused-ring (bicyclic) bond motifs is 1. The number of nitrogens with zero attached hydrogens (tertiary/aromatic N) is 3. The summed E-state index contributed by atoms with van der Waals surface area (Å²) >= 11 is 0. The van der Waals surface area contributed by atoms with E-state index < -0.39 is 56.8 Å². The smallest absolute Gasteiger partial charge is 0.418 e. The summed E-state index contributed by atoms with van der Waals surface area (Å²) in [6.07, 6.45) is -4.82. The van der Waals surface area contributed by atoms with Crippen LogP contribution in [0.15, 0.2) is 83.8 Å². The number of rotatable bonds is 9. The largest absolute Gasteiger partial charge is 0.457 e. The molecule has 44 heavy (non-hydrogen) atoms. The minimum absolute atomic E-state index is 0.0610. The van der Waals surface area contributed by atoms with Gasteiger partial charge in [0.2, 0.25) is 10.0 Å². The second-order valence-electron chi connectivity index (χ2n) is 9.74. The Bertz CT molecular complexity index is 1910. The molecule has 1 heterocycles. The predicted molar refractivity (Wildman–Crippen MR) is 152 cm³/mol. The zero-order valence-corrected chi connectivity index (χ0v) is 24.2. The molecular formula is C31H25F6N3O3S. The van der Waals surface area contributed by atoms with E-state index in [2.05, 4.69) is 5.10 Å². The number of sulfonamides is 1. The van der Waals surface area contributed by atoms with E-state index in [9.17, 15) is 34.8 Å². The lowest BCUT2D eigenvalue weighted by Crippen LogP contribution is -2.30. The van der Waals surface area contributed by atoms with E-state index >= 15 is 0 Å². The summed E-state index contributed by atoms with van der Waals surface area (Å²) in [4.78, 5) is 0.0915. The van der Waals surface area contributed by atoms with Crippen LogP contribution in [0.5, 0.6) is 11.5 Å². The normalized spacial score (nSPS) is 12.3. The number of hydrogen-bond donors (Lipinski definition) is 0. The molecule has 13 heteroatoms. The van der Waals surface area contributed by atoms with Crippen molar-refractivity contribution >= 4 is 20.9 Å². The van der Waals surface area contributed by atoms with Crippen molar-refractivity contribution in [2.45, 2.75) is 31.5 Å². The fraction of sp³-hybridized carbons (Fsp3) is 0.194. The summed E-state index contributed by atoms with van der Waals surface area (Å²) in [7, 11) is -3.67. The molecule has 0 aliphatic rings. The van der Waals surface area contributed by atoms with E-state index in [0.717, 1.165) is 10.7 Å². The molecule has 0 aliphatic carbocycles. The van der Waals surface area contributed by atoms with Crippen molar-refractivity contribution in [2.24, 2.45) is 0 Å². The lowest BCUT2D eigenvalue weighted by molar-refractivity contribution is -0.136. The molecule has 0 aliphatic heterocycles. The average molecular weight is 634 g/mol. The molecule has 0 saturated heterocycles. The van der Waals surface area contributed by atoms with Gasteiger partial charge in [0.15, 0.2) is 0 Å². The molecular weight excluding hydrogens is 608 g/mol. The number of hydrogen-bond acceptors (Lipinski definition) is 4. The van der Waals surface area contributed by atoms with Gasteiger partial charge in [0, 0.05) is 41.7 Å². The van der Waals surface area contributed by atoms with Crippen molar-refractivity contribution in [1.82, 2.24) is 14.1 Å². The van der Waals surface area contributed by atoms with Gasteiger partial charge in [0.05, 0.1) is 22.5 Å². The van der Waals surface area contributed by atoms with Crippen LogP contribution in [0.3, 0.4) is 0 Å². The third-order valence-corrected chi connectivity index (χ3v) is 9.06. The van der Waals surface area contributed by atoms with Gasteiger partial charge >= 0.3 is 6.18 Å². The van der Waals surface area contributed by atoms with Gasteiger partial charge in [0.1, 0.15) is 34.6 Å². The minimum atomic E-state index is -4.82. The van der Waals surface area contributed by atoms with Crippen LogP contribution in [0.1, 0.15) is 25.0 Å². The van der Waals surface area contributed by atoms with Gasteiger partial charge in [-0.2, -0.15) is 22.6 Å². The summed E-state index contributed by atoms with van der Waals surface area (Å²) in [6.45, 7) is 3.36. The highest BCUT2D eigenvalue weighted by atomic mass is 32.2. The summed E-state index contributed by atoms with van der Waals surface area (Å²) < 4.78 is 118. The quantitative estimate of drug-likeness (QED) is 0.154. The van der Waals surface area contributed by atoms with Crippen LogP contribution in [0.4, 0.5) is 26.3 Å². The number of ether oxygens (including phenoxy) is 1. The van der Waals surface area contributed by atoms with E-state index in [1.165, 1.54) is 46.8 Å². The van der Waals surface area contributed by atoms with Crippen LogP contribution in [-0.2, 0) is 22.7 Å². The Morgan fingerprint density at radius 2 is 1.48 bits per heavy atom. The Morgan fingerprint density at radius 1 is 0.841 bits per heavy atom. The standard InChI is InChI=1S/C31H25F6N3O3S/c1-3-39(4-2)44(41,42)23-13-11-21(12-14-23)43-22-8-5-7-19(15-22)29-24-9-6-10-26(31(35,36)37)30(24)40(38-29)18-25-27(33)16-20(32)17-28(25)34/h5-17H,3-4,18H2,1-2H3. The van der Waals surface area contributed by atoms with Crippen LogP contribution in [0.2, 0.25) is 0 Å². The predicted octanol–water partition coefficient (Wildman–Crippen LogP) is 8.01. The Morgan fingerprint density at radius 3 is 2.09 bits per heavy atom. The van der Waals surface area contributed by atoms with E-state index in [1.54, 1.807) is 32.0 Å². The fourth-order valence-electron chi connectivity index (χ4n) is 4.90. The monoisotopic (exact) mass is 633 g/mol. The third-order valence-electron chi connectivity index (χ3n) is 7.00. The molecule has 4 aromatic carbocycles. The van der Waals surface area contributed by atoms with E-state index in [-0.39, 0.29) is 21.7 Å². The Balaban J connectivity index is 1.54. The van der Waals surface area contributed by atoms with Gasteiger partial charge in [-0.1, -0.05) is 38.1 Å². The van der Waals surface area contributed by atoms with E-state index in [4.69, 9.17) is 4.74 Å². The van der Waals surface area contributed by atoms with Gasteiger partial charge in [-0.3, -0.25) is 4.68 Å². The molecule has 0 unspecified atom stereocenters. The summed E-state index contributed by atoms with van der Waals surface area (Å²) in [5.74, 6) is -3.11. The Hall–Kier alpha value is -4.36. The SMILES string of the molecule is CCN(CC)S(=O)(=O)c1ccc(Oc2cccc(-c3nn(Cc4c(F)cc(F)cc4F)c4c(C(F)(F)F)cccc34)c2)cc1. The summed E-state index contributed by atoms with van der Waals surface area (Å²) in [6, 6.07) is 16.4. The topological polar surface area (TPSA) is 64.4 Å². The third kappa shape index (κ3) is 6.02. The number of alkyl halides is 3. The average Bonchev–Trinajstić information content (AvgIpc) is 3.34. The lowest BCUT2D eigenvalue weighted by atomic mass is 10.0. The van der Waals surface area contributed by atoms with Crippen molar-refractivity contribution < 1.29 is 39.5 Å². The molecule has 0 bridgehead atoms. The van der Waals surface area contributed by atoms with E-state index in [1.807, 2.05) is 0 Å². The molecule has 0 atom stereocenters. The first kappa shape index (κ1) is 31.1. The minimum Gasteiger partial charge on any atom is -0.457 e. The van der Waals surface area contributed by atoms with Crippen LogP contribution < -0.4 is 4.74 Å². The zero-order valence-electron chi connectivity index (χ0n) is 23.4. The number of para-hydroxylation sites is 1. The fourth-order valence-corrected chi connectivity index (χ4v) is 6.36. The summed E-state index contributed by atoms with van der Waals surface area (Å²) in [5.41, 5.74) is -1.70. The highest BCUT2D eigenvalue weighted by Gasteiger charge is 2.35. The first-order valence-corrected chi connectivity index (χ1v) is 14.9. The molecule has 230 valence electrons. The number of benzene rings is 4. The van der Waals surface area contributed by atoms with Gasteiger partial charge in [-0.15, -0.1) is 0 Å². The lowest BCUT2D eigenvalue weighted by Gasteiger charge is -2.18. The van der Waals surface area contributed by atoms with E-state index in [0.29, 0.717) is 36.5 Å². The molecule has 5 rings (SSSR count). The zero-order chi connectivity index (χ0) is 31.8. The second kappa shape index (κ2) is 12.0. The summed E-state index contributed by atoms with van der Waals surface area (Å²) in [5, 5.41) is 4.38.